The molecule has 4 nitrogen and oxygen atoms in total. The van der Waals surface area contributed by atoms with Crippen molar-refractivity contribution in [3.8, 4) is 16.9 Å². The molecule has 4 heteroatoms. The van der Waals surface area contributed by atoms with E-state index in [2.05, 4.69) is 51.1 Å². The molecule has 132 valence electrons. The van der Waals surface area contributed by atoms with Gasteiger partial charge in [0.1, 0.15) is 11.9 Å². The third-order valence-electron chi connectivity index (χ3n) is 4.82. The molecule has 0 spiro atoms. The Hall–Kier alpha value is -2.49. The van der Waals surface area contributed by atoms with E-state index >= 15 is 0 Å². The van der Waals surface area contributed by atoms with Gasteiger partial charge in [0.2, 0.25) is 0 Å². The Morgan fingerprint density at radius 2 is 1.88 bits per heavy atom. The highest BCUT2D eigenvalue weighted by atomic mass is 16.6. The van der Waals surface area contributed by atoms with Gasteiger partial charge in [-0.25, -0.2) is 4.79 Å². The van der Waals surface area contributed by atoms with Gasteiger partial charge in [0, 0.05) is 5.41 Å². The molecule has 0 aromatic heterocycles. The average Bonchev–Trinajstić information content (AvgIpc) is 2.78. The first kappa shape index (κ1) is 17.3. The summed E-state index contributed by atoms with van der Waals surface area (Å²) in [5.74, 6) is 0.920. The van der Waals surface area contributed by atoms with Gasteiger partial charge in [0.05, 0.1) is 6.61 Å². The van der Waals surface area contributed by atoms with Crippen LogP contribution in [0, 0.1) is 12.3 Å². The molecule has 3 rings (SSSR count). The zero-order valence-electron chi connectivity index (χ0n) is 15.3. The van der Waals surface area contributed by atoms with Gasteiger partial charge < -0.3 is 15.2 Å². The van der Waals surface area contributed by atoms with Crippen molar-refractivity contribution in [3.63, 3.8) is 0 Å². The molecule has 0 radical (unpaired) electrons. The molecule has 1 aliphatic rings. The van der Waals surface area contributed by atoms with Crippen LogP contribution in [0.2, 0.25) is 0 Å². The van der Waals surface area contributed by atoms with Crippen molar-refractivity contribution >= 4 is 6.09 Å². The quantitative estimate of drug-likeness (QED) is 0.872. The van der Waals surface area contributed by atoms with Crippen molar-refractivity contribution in [1.82, 2.24) is 0 Å². The minimum atomic E-state index is -0.725. The summed E-state index contributed by atoms with van der Waals surface area (Å²) in [7, 11) is 0. The molecule has 2 N–H and O–H groups in total. The topological polar surface area (TPSA) is 61.6 Å². The average molecular weight is 339 g/mol. The van der Waals surface area contributed by atoms with E-state index in [-0.39, 0.29) is 11.5 Å². The lowest BCUT2D eigenvalue weighted by atomic mass is 9.87. The Morgan fingerprint density at radius 1 is 1.20 bits per heavy atom. The molecule has 0 heterocycles. The van der Waals surface area contributed by atoms with Crippen LogP contribution in [0.15, 0.2) is 36.4 Å². The molecule has 0 fully saturated rings. The predicted octanol–water partition coefficient (Wildman–Crippen LogP) is 4.78. The predicted molar refractivity (Wildman–Crippen MR) is 98.7 cm³/mol. The van der Waals surface area contributed by atoms with Gasteiger partial charge in [-0.15, -0.1) is 0 Å². The van der Waals surface area contributed by atoms with Crippen LogP contribution in [-0.4, -0.2) is 12.7 Å². The molecular weight excluding hydrogens is 314 g/mol. The van der Waals surface area contributed by atoms with Crippen molar-refractivity contribution in [2.45, 2.75) is 40.2 Å². The fourth-order valence-corrected chi connectivity index (χ4v) is 3.68. The standard InChI is InChI=1S/C21H25NO3/c1-5-24-18-9-7-14(10-13(18)2)15-6-8-17-16(11-15)12-21(3,4)19(17)25-20(22)23/h6-11,19H,5,12H2,1-4H3,(H2,22,23)/t19-/m0/s1. The summed E-state index contributed by atoms with van der Waals surface area (Å²) in [6, 6.07) is 12.6. The number of hydrogen-bond acceptors (Lipinski definition) is 3. The number of rotatable bonds is 4. The Balaban J connectivity index is 1.95. The number of hydrogen-bond donors (Lipinski definition) is 1. The Morgan fingerprint density at radius 3 is 2.52 bits per heavy atom. The number of fused-ring (bicyclic) bond motifs is 1. The molecule has 0 saturated carbocycles. The number of carbonyl (C=O) groups excluding carboxylic acids is 1. The molecule has 1 atom stereocenters. The van der Waals surface area contributed by atoms with Gasteiger partial charge in [0.25, 0.3) is 0 Å². The highest BCUT2D eigenvalue weighted by Gasteiger charge is 2.41. The number of benzene rings is 2. The number of aryl methyl sites for hydroxylation is 1. The summed E-state index contributed by atoms with van der Waals surface area (Å²) < 4.78 is 11.0. The lowest BCUT2D eigenvalue weighted by molar-refractivity contribution is 0.0392. The summed E-state index contributed by atoms with van der Waals surface area (Å²) in [5, 5.41) is 0. The lowest BCUT2D eigenvalue weighted by Gasteiger charge is -2.26. The minimum absolute atomic E-state index is 0.162. The highest BCUT2D eigenvalue weighted by Crippen LogP contribution is 2.48. The second-order valence-corrected chi connectivity index (χ2v) is 7.31. The number of ether oxygens (including phenoxy) is 2. The molecule has 0 unspecified atom stereocenters. The van der Waals surface area contributed by atoms with Crippen LogP contribution in [0.25, 0.3) is 11.1 Å². The van der Waals surface area contributed by atoms with Gasteiger partial charge in [0.15, 0.2) is 0 Å². The van der Waals surface area contributed by atoms with Crippen molar-refractivity contribution in [3.05, 3.63) is 53.1 Å². The summed E-state index contributed by atoms with van der Waals surface area (Å²) in [5.41, 5.74) is 10.8. The first-order chi connectivity index (χ1) is 11.8. The fraction of sp³-hybridized carbons (Fsp3) is 0.381. The Labute approximate surface area is 148 Å². The molecule has 25 heavy (non-hydrogen) atoms. The molecule has 1 aliphatic carbocycles. The Kier molecular flexibility index (Phi) is 4.46. The third kappa shape index (κ3) is 3.34. The normalized spacial score (nSPS) is 17.8. The van der Waals surface area contributed by atoms with E-state index in [1.54, 1.807) is 0 Å². The van der Waals surface area contributed by atoms with E-state index in [4.69, 9.17) is 15.2 Å². The highest BCUT2D eigenvalue weighted by molar-refractivity contribution is 5.69. The zero-order chi connectivity index (χ0) is 18.2. The van der Waals surface area contributed by atoms with E-state index in [0.29, 0.717) is 6.61 Å². The first-order valence-electron chi connectivity index (χ1n) is 8.64. The maximum Gasteiger partial charge on any atom is 0.405 e. The summed E-state index contributed by atoms with van der Waals surface area (Å²) in [4.78, 5) is 11.3. The van der Waals surface area contributed by atoms with Crippen molar-refractivity contribution in [1.29, 1.82) is 0 Å². The van der Waals surface area contributed by atoms with Crippen LogP contribution in [-0.2, 0) is 11.2 Å². The van der Waals surface area contributed by atoms with Gasteiger partial charge in [-0.1, -0.05) is 38.1 Å². The van der Waals surface area contributed by atoms with Gasteiger partial charge in [-0.2, -0.15) is 0 Å². The van der Waals surface area contributed by atoms with Gasteiger partial charge in [-0.05, 0) is 60.2 Å². The number of amides is 1. The zero-order valence-corrected chi connectivity index (χ0v) is 15.3. The summed E-state index contributed by atoms with van der Waals surface area (Å²) in [6.45, 7) is 8.90. The molecule has 0 bridgehead atoms. The molecule has 1 amide bonds. The maximum atomic E-state index is 11.3. The lowest BCUT2D eigenvalue weighted by Crippen LogP contribution is -2.25. The molecular formula is C21H25NO3. The number of carbonyl (C=O) groups is 1. The van der Waals surface area contributed by atoms with Crippen molar-refractivity contribution < 1.29 is 14.3 Å². The van der Waals surface area contributed by atoms with Crippen LogP contribution < -0.4 is 10.5 Å². The summed E-state index contributed by atoms with van der Waals surface area (Å²) in [6.07, 6.45) is -0.169. The van der Waals surface area contributed by atoms with Gasteiger partial charge >= 0.3 is 6.09 Å². The van der Waals surface area contributed by atoms with E-state index in [0.717, 1.165) is 34.4 Å². The molecule has 2 aromatic rings. The van der Waals surface area contributed by atoms with Crippen molar-refractivity contribution in [2.24, 2.45) is 11.1 Å². The van der Waals surface area contributed by atoms with E-state index in [1.807, 2.05) is 13.0 Å². The SMILES string of the molecule is CCOc1ccc(-c2ccc3c(c2)CC(C)(C)[C@H]3OC(N)=O)cc1C. The van der Waals surface area contributed by atoms with Crippen molar-refractivity contribution in [2.75, 3.05) is 6.61 Å². The Bertz CT molecular complexity index is 811. The van der Waals surface area contributed by atoms with Crippen LogP contribution in [0.3, 0.4) is 0 Å². The van der Waals surface area contributed by atoms with E-state index in [1.165, 1.54) is 5.56 Å². The van der Waals surface area contributed by atoms with Crippen LogP contribution in [0.5, 0.6) is 5.75 Å². The number of nitrogens with two attached hydrogens (primary N) is 1. The van der Waals surface area contributed by atoms with Crippen LogP contribution >= 0.6 is 0 Å². The van der Waals surface area contributed by atoms with Crippen LogP contribution in [0.1, 0.15) is 43.6 Å². The summed E-state index contributed by atoms with van der Waals surface area (Å²) >= 11 is 0. The second kappa shape index (κ2) is 6.43. The first-order valence-corrected chi connectivity index (χ1v) is 8.64. The monoisotopic (exact) mass is 339 g/mol. The number of primary amides is 1. The molecule has 2 aromatic carbocycles. The van der Waals surface area contributed by atoms with Gasteiger partial charge in [-0.3, -0.25) is 0 Å². The molecule has 0 saturated heterocycles. The maximum absolute atomic E-state index is 11.3. The van der Waals surface area contributed by atoms with E-state index in [9.17, 15) is 4.79 Å². The largest absolute Gasteiger partial charge is 0.494 e. The smallest absolute Gasteiger partial charge is 0.405 e. The minimum Gasteiger partial charge on any atom is -0.494 e. The van der Waals surface area contributed by atoms with Crippen LogP contribution in [0.4, 0.5) is 4.79 Å². The fourth-order valence-electron chi connectivity index (χ4n) is 3.68. The second-order valence-electron chi connectivity index (χ2n) is 7.31. The molecule has 0 aliphatic heterocycles. The van der Waals surface area contributed by atoms with E-state index < -0.39 is 6.09 Å². The third-order valence-corrected chi connectivity index (χ3v) is 4.82.